The Morgan fingerprint density at radius 3 is 2.50 bits per heavy atom. The van der Waals surface area contributed by atoms with Gasteiger partial charge in [-0.1, -0.05) is 15.9 Å². The van der Waals surface area contributed by atoms with Crippen molar-refractivity contribution in [1.29, 1.82) is 0 Å². The van der Waals surface area contributed by atoms with Crippen molar-refractivity contribution >= 4 is 33.6 Å². The molecular weight excluding hydrogens is 318 g/mol. The SMILES string of the molecule is COC(CNC(=O)CSc1ccc(Br)cc1)OC. The highest BCUT2D eigenvalue weighted by Crippen LogP contribution is 2.20. The maximum absolute atomic E-state index is 11.6. The van der Waals surface area contributed by atoms with Crippen LogP contribution in [0.1, 0.15) is 0 Å². The van der Waals surface area contributed by atoms with Gasteiger partial charge in [-0.2, -0.15) is 0 Å². The molecule has 0 aliphatic heterocycles. The van der Waals surface area contributed by atoms with Crippen molar-refractivity contribution in [2.45, 2.75) is 11.2 Å². The average Bonchev–Trinajstić information content (AvgIpc) is 2.39. The lowest BCUT2D eigenvalue weighted by atomic mass is 10.4. The van der Waals surface area contributed by atoms with Gasteiger partial charge < -0.3 is 14.8 Å². The van der Waals surface area contributed by atoms with Crippen LogP contribution < -0.4 is 5.32 Å². The van der Waals surface area contributed by atoms with Gasteiger partial charge in [-0.3, -0.25) is 4.79 Å². The van der Waals surface area contributed by atoms with Gasteiger partial charge in [0, 0.05) is 23.6 Å². The second-order valence-electron chi connectivity index (χ2n) is 3.45. The third-order valence-corrected chi connectivity index (χ3v) is 3.72. The van der Waals surface area contributed by atoms with Gasteiger partial charge in [0.2, 0.25) is 5.91 Å². The molecule has 6 heteroatoms. The maximum atomic E-state index is 11.6. The van der Waals surface area contributed by atoms with Gasteiger partial charge in [0.1, 0.15) is 0 Å². The number of rotatable bonds is 7. The van der Waals surface area contributed by atoms with E-state index in [4.69, 9.17) is 9.47 Å². The Bertz CT molecular complexity index is 368. The summed E-state index contributed by atoms with van der Waals surface area (Å²) in [5, 5.41) is 2.75. The van der Waals surface area contributed by atoms with E-state index in [1.165, 1.54) is 26.0 Å². The Labute approximate surface area is 120 Å². The van der Waals surface area contributed by atoms with Crippen LogP contribution in [0.5, 0.6) is 0 Å². The lowest BCUT2D eigenvalue weighted by Crippen LogP contribution is -2.35. The Balaban J connectivity index is 2.26. The van der Waals surface area contributed by atoms with Gasteiger partial charge in [-0.15, -0.1) is 11.8 Å². The van der Waals surface area contributed by atoms with E-state index in [2.05, 4.69) is 21.2 Å². The molecule has 1 aromatic rings. The molecule has 0 saturated heterocycles. The standard InChI is InChI=1S/C12H16BrNO3S/c1-16-12(17-2)7-14-11(15)8-18-10-5-3-9(13)4-6-10/h3-6,12H,7-8H2,1-2H3,(H,14,15). The summed E-state index contributed by atoms with van der Waals surface area (Å²) in [6.07, 6.45) is -0.397. The molecule has 0 unspecified atom stereocenters. The molecule has 0 saturated carbocycles. The van der Waals surface area contributed by atoms with E-state index >= 15 is 0 Å². The molecule has 0 bridgehead atoms. The van der Waals surface area contributed by atoms with Gasteiger partial charge in [0.15, 0.2) is 6.29 Å². The zero-order valence-corrected chi connectivity index (χ0v) is 12.7. The molecule has 0 atom stereocenters. The van der Waals surface area contributed by atoms with Crippen molar-refractivity contribution in [3.05, 3.63) is 28.7 Å². The summed E-state index contributed by atoms with van der Waals surface area (Å²) in [6.45, 7) is 0.354. The van der Waals surface area contributed by atoms with Crippen molar-refractivity contribution in [2.75, 3.05) is 26.5 Å². The molecular formula is C12H16BrNO3S. The Kier molecular flexibility index (Phi) is 7.34. The molecule has 0 aliphatic carbocycles. The fraction of sp³-hybridized carbons (Fsp3) is 0.417. The second kappa shape index (κ2) is 8.53. The van der Waals surface area contributed by atoms with Gasteiger partial charge in [-0.25, -0.2) is 0 Å². The highest BCUT2D eigenvalue weighted by Gasteiger charge is 2.08. The minimum Gasteiger partial charge on any atom is -0.354 e. The number of thioether (sulfide) groups is 1. The first-order chi connectivity index (χ1) is 8.65. The molecule has 1 rings (SSSR count). The number of halogens is 1. The van der Waals surface area contributed by atoms with Crippen LogP contribution in [0.2, 0.25) is 0 Å². The van der Waals surface area contributed by atoms with Crippen molar-refractivity contribution in [3.8, 4) is 0 Å². The number of hydrogen-bond acceptors (Lipinski definition) is 4. The highest BCUT2D eigenvalue weighted by atomic mass is 79.9. The van der Waals surface area contributed by atoms with Crippen LogP contribution in [-0.4, -0.2) is 38.7 Å². The number of carbonyl (C=O) groups excluding carboxylic acids is 1. The first kappa shape index (κ1) is 15.5. The largest absolute Gasteiger partial charge is 0.354 e. The quantitative estimate of drug-likeness (QED) is 0.614. The number of ether oxygens (including phenoxy) is 2. The van der Waals surface area contributed by atoms with Gasteiger partial charge >= 0.3 is 0 Å². The lowest BCUT2D eigenvalue weighted by molar-refractivity contribution is -0.125. The molecule has 4 nitrogen and oxygen atoms in total. The van der Waals surface area contributed by atoms with Crippen LogP contribution in [0.3, 0.4) is 0 Å². The smallest absolute Gasteiger partial charge is 0.230 e. The fourth-order valence-corrected chi connectivity index (χ4v) is 2.18. The Morgan fingerprint density at radius 1 is 1.33 bits per heavy atom. The number of hydrogen-bond donors (Lipinski definition) is 1. The van der Waals surface area contributed by atoms with Crippen molar-refractivity contribution < 1.29 is 14.3 Å². The van der Waals surface area contributed by atoms with Gasteiger partial charge in [-0.05, 0) is 24.3 Å². The van der Waals surface area contributed by atoms with Crippen molar-refractivity contribution in [2.24, 2.45) is 0 Å². The minimum absolute atomic E-state index is 0.0398. The molecule has 1 aromatic carbocycles. The number of amides is 1. The van der Waals surface area contributed by atoms with E-state index in [1.807, 2.05) is 24.3 Å². The predicted octanol–water partition coefficient (Wildman–Crippen LogP) is 2.28. The first-order valence-electron chi connectivity index (χ1n) is 5.36. The number of methoxy groups -OCH3 is 2. The average molecular weight is 334 g/mol. The molecule has 0 aromatic heterocycles. The van der Waals surface area contributed by atoms with Crippen LogP contribution in [0.15, 0.2) is 33.6 Å². The van der Waals surface area contributed by atoms with Crippen LogP contribution in [-0.2, 0) is 14.3 Å². The zero-order valence-electron chi connectivity index (χ0n) is 10.3. The number of carbonyl (C=O) groups is 1. The molecule has 0 aliphatic rings. The van der Waals surface area contributed by atoms with E-state index in [0.29, 0.717) is 12.3 Å². The predicted molar refractivity (Wildman–Crippen MR) is 75.7 cm³/mol. The summed E-state index contributed by atoms with van der Waals surface area (Å²) in [6, 6.07) is 7.84. The van der Waals surface area contributed by atoms with E-state index in [9.17, 15) is 4.79 Å². The highest BCUT2D eigenvalue weighted by molar-refractivity contribution is 9.10. The summed E-state index contributed by atoms with van der Waals surface area (Å²) in [5.41, 5.74) is 0. The molecule has 100 valence electrons. The molecule has 0 heterocycles. The Morgan fingerprint density at radius 2 is 1.94 bits per heavy atom. The summed E-state index contributed by atoms with van der Waals surface area (Å²) in [7, 11) is 3.08. The topological polar surface area (TPSA) is 47.6 Å². The molecule has 1 amide bonds. The molecule has 0 spiro atoms. The molecule has 18 heavy (non-hydrogen) atoms. The number of nitrogens with one attached hydrogen (secondary N) is 1. The molecule has 0 fully saturated rings. The van der Waals surface area contributed by atoms with E-state index < -0.39 is 6.29 Å². The fourth-order valence-electron chi connectivity index (χ4n) is 1.19. The normalized spacial score (nSPS) is 10.7. The third-order valence-electron chi connectivity index (χ3n) is 2.18. The first-order valence-corrected chi connectivity index (χ1v) is 7.14. The van der Waals surface area contributed by atoms with Crippen LogP contribution in [0, 0.1) is 0 Å². The maximum Gasteiger partial charge on any atom is 0.230 e. The van der Waals surface area contributed by atoms with Crippen molar-refractivity contribution in [1.82, 2.24) is 5.32 Å². The van der Waals surface area contributed by atoms with Crippen LogP contribution in [0.25, 0.3) is 0 Å². The van der Waals surface area contributed by atoms with E-state index in [-0.39, 0.29) is 5.91 Å². The second-order valence-corrected chi connectivity index (χ2v) is 5.41. The van der Waals surface area contributed by atoms with Gasteiger partial charge in [0.05, 0.1) is 12.3 Å². The summed E-state index contributed by atoms with van der Waals surface area (Å²) >= 11 is 4.86. The van der Waals surface area contributed by atoms with E-state index in [0.717, 1.165) is 9.37 Å². The van der Waals surface area contributed by atoms with Gasteiger partial charge in [0.25, 0.3) is 0 Å². The summed E-state index contributed by atoms with van der Waals surface area (Å²) < 4.78 is 11.0. The van der Waals surface area contributed by atoms with Crippen LogP contribution >= 0.6 is 27.7 Å². The number of benzene rings is 1. The van der Waals surface area contributed by atoms with Crippen LogP contribution in [0.4, 0.5) is 0 Å². The monoisotopic (exact) mass is 333 g/mol. The molecule has 0 radical (unpaired) electrons. The molecule has 1 N–H and O–H groups in total. The minimum atomic E-state index is -0.397. The van der Waals surface area contributed by atoms with E-state index in [1.54, 1.807) is 0 Å². The lowest BCUT2D eigenvalue weighted by Gasteiger charge is -2.13. The summed E-state index contributed by atoms with van der Waals surface area (Å²) in [4.78, 5) is 12.6. The zero-order chi connectivity index (χ0) is 13.4. The third kappa shape index (κ3) is 5.86. The summed E-state index contributed by atoms with van der Waals surface area (Å²) in [5.74, 6) is 0.337. The Hall–Kier alpha value is -0.560. The van der Waals surface area contributed by atoms with Crippen molar-refractivity contribution in [3.63, 3.8) is 0 Å².